The molecule has 0 spiro atoms. The third kappa shape index (κ3) is 9.35. The van der Waals surface area contributed by atoms with Gasteiger partial charge in [0.05, 0.1) is 13.3 Å². The van der Waals surface area contributed by atoms with Crippen LogP contribution in [0.3, 0.4) is 0 Å². The second-order valence-electron chi connectivity index (χ2n) is 2.61. The molecule has 0 N–H and O–H groups in total. The summed E-state index contributed by atoms with van der Waals surface area (Å²) in [4.78, 5) is 0. The van der Waals surface area contributed by atoms with Crippen LogP contribution < -0.4 is 0 Å². The lowest BCUT2D eigenvalue weighted by molar-refractivity contribution is 0.954. The molecule has 0 bridgehead atoms. The van der Waals surface area contributed by atoms with E-state index in [0.717, 1.165) is 12.8 Å². The van der Waals surface area contributed by atoms with Gasteiger partial charge in [0.25, 0.3) is 0 Å². The van der Waals surface area contributed by atoms with Crippen LogP contribution in [-0.4, -0.2) is 0 Å². The maximum Gasteiger partial charge on any atom is 0.105 e. The summed E-state index contributed by atoms with van der Waals surface area (Å²) >= 11 is 0. The summed E-state index contributed by atoms with van der Waals surface area (Å²) in [6.45, 7) is 4.28. The van der Waals surface area contributed by atoms with Crippen molar-refractivity contribution in [3.8, 4) is 0 Å². The van der Waals surface area contributed by atoms with E-state index in [1.165, 1.54) is 12.8 Å². The zero-order chi connectivity index (χ0) is 8.36. The van der Waals surface area contributed by atoms with E-state index in [1.807, 2.05) is 0 Å². The minimum Gasteiger partial charge on any atom is -0.0882 e. The number of rotatable bonds is 6. The lowest BCUT2D eigenvalue weighted by atomic mass is 10.2. The van der Waals surface area contributed by atoms with Crippen LogP contribution in [0, 0.1) is 6.42 Å². The van der Waals surface area contributed by atoms with Crippen LogP contribution in [0.4, 0.5) is 0 Å². The Morgan fingerprint density at radius 1 is 1.09 bits per heavy atom. The van der Waals surface area contributed by atoms with Gasteiger partial charge in [-0.05, 0) is 18.9 Å². The molecule has 0 amide bonds. The van der Waals surface area contributed by atoms with Gasteiger partial charge in [-0.3, -0.25) is 0 Å². The Labute approximate surface area is 71.0 Å². The Morgan fingerprint density at radius 3 is 2.45 bits per heavy atom. The summed E-state index contributed by atoms with van der Waals surface area (Å²) in [6, 6.07) is 0. The van der Waals surface area contributed by atoms with Crippen molar-refractivity contribution < 1.29 is 0 Å². The quantitative estimate of drug-likeness (QED) is 0.399. The van der Waals surface area contributed by atoms with Crippen LogP contribution in [0.15, 0.2) is 24.3 Å². The molecule has 0 heteroatoms. The summed E-state index contributed by atoms with van der Waals surface area (Å²) in [5.41, 5.74) is 0. The average molecular weight is 151 g/mol. The fourth-order valence-electron chi connectivity index (χ4n) is 0.788. The normalized spacial score (nSPS) is 11.5. The van der Waals surface area contributed by atoms with Gasteiger partial charge in [0, 0.05) is 0 Å². The molecule has 0 saturated carbocycles. The molecule has 0 radical (unpaired) electrons. The van der Waals surface area contributed by atoms with Gasteiger partial charge in [-0.25, -0.2) is 0 Å². The largest absolute Gasteiger partial charge is 0.105 e. The van der Waals surface area contributed by atoms with Gasteiger partial charge in [-0.15, -0.1) is 0 Å². The van der Waals surface area contributed by atoms with E-state index in [4.69, 9.17) is 0 Å². The lowest BCUT2D eigenvalue weighted by Crippen LogP contribution is -1.64. The number of hydrogen-bond donors (Lipinski definition) is 0. The Balaban J connectivity index is 3.11. The van der Waals surface area contributed by atoms with Crippen LogP contribution in [0.5, 0.6) is 0 Å². The van der Waals surface area contributed by atoms with E-state index in [2.05, 4.69) is 44.6 Å². The maximum absolute atomic E-state index is 2.25. The van der Waals surface area contributed by atoms with Crippen LogP contribution >= 0.6 is 0 Å². The molecule has 11 heavy (non-hydrogen) atoms. The molecule has 0 rings (SSSR count). The number of unbranched alkanes of at least 4 members (excludes halogenated alkanes) is 2. The van der Waals surface area contributed by atoms with Gasteiger partial charge in [-0.2, -0.15) is 0 Å². The van der Waals surface area contributed by atoms with Crippen molar-refractivity contribution in [3.63, 3.8) is 0 Å². The summed E-state index contributed by atoms with van der Waals surface area (Å²) < 4.78 is 0. The Kier molecular flexibility index (Phi) is 8.80. The highest BCUT2D eigenvalue weighted by Gasteiger charge is 1.79. The highest BCUT2D eigenvalue weighted by Crippen LogP contribution is 1.94. The molecule has 0 aromatic heterocycles. The molecule has 0 aliphatic heterocycles. The minimum atomic E-state index is 1.09. The highest BCUT2D eigenvalue weighted by atomic mass is 13.8. The van der Waals surface area contributed by atoms with Gasteiger partial charge < -0.3 is 0 Å². The van der Waals surface area contributed by atoms with E-state index < -0.39 is 0 Å². The van der Waals surface area contributed by atoms with Crippen molar-refractivity contribution in [2.24, 2.45) is 0 Å². The van der Waals surface area contributed by atoms with Gasteiger partial charge in [0.1, 0.15) is 6.42 Å². The maximum atomic E-state index is 2.25. The number of hydrogen-bond acceptors (Lipinski definition) is 0. The molecule has 0 aliphatic rings. The van der Waals surface area contributed by atoms with E-state index in [0.29, 0.717) is 0 Å². The summed E-state index contributed by atoms with van der Waals surface area (Å²) in [7, 11) is 0. The predicted octanol–water partition coefficient (Wildman–Crippen LogP) is 3.90. The smallest absolute Gasteiger partial charge is 0.0882 e. The zero-order valence-corrected chi connectivity index (χ0v) is 7.72. The molecule has 0 fully saturated rings. The average Bonchev–Trinajstić information content (AvgIpc) is 2.03. The van der Waals surface area contributed by atoms with Gasteiger partial charge >= 0.3 is 0 Å². The second kappa shape index (κ2) is 9.35. The Morgan fingerprint density at radius 2 is 1.82 bits per heavy atom. The van der Waals surface area contributed by atoms with Crippen LogP contribution in [-0.2, 0) is 0 Å². The Bertz CT molecular complexity index is 95.2. The molecular formula is C11H19+. The molecule has 0 aromatic rings. The first-order chi connectivity index (χ1) is 5.41. The van der Waals surface area contributed by atoms with Crippen molar-refractivity contribution in [2.45, 2.75) is 39.5 Å². The monoisotopic (exact) mass is 151 g/mol. The molecule has 0 nitrogen and oxygen atoms in total. The first-order valence-corrected chi connectivity index (χ1v) is 4.49. The van der Waals surface area contributed by atoms with E-state index in [-0.39, 0.29) is 0 Å². The minimum absolute atomic E-state index is 1.09. The summed E-state index contributed by atoms with van der Waals surface area (Å²) in [5, 5.41) is 0. The third-order valence-electron chi connectivity index (χ3n) is 1.43. The Hall–Kier alpha value is -0.650. The van der Waals surface area contributed by atoms with E-state index in [9.17, 15) is 0 Å². The standard InChI is InChI=1S/C11H19/c1-3-5-7-9-11-10-8-6-4-2/h3,7-10H,4-6,11H2,1-2H3/q+1/b9-7-,10-8-. The SMILES string of the molecule is C[CH+]C/C=C\C/C=C\CCC. The predicted molar refractivity (Wildman–Crippen MR) is 52.4 cm³/mol. The molecule has 0 saturated heterocycles. The van der Waals surface area contributed by atoms with Crippen molar-refractivity contribution in [1.82, 2.24) is 0 Å². The molecular weight excluding hydrogens is 132 g/mol. The first kappa shape index (κ1) is 10.3. The van der Waals surface area contributed by atoms with Gasteiger partial charge in [0.15, 0.2) is 0 Å². The second-order valence-corrected chi connectivity index (χ2v) is 2.61. The van der Waals surface area contributed by atoms with Crippen LogP contribution in [0.1, 0.15) is 39.5 Å². The van der Waals surface area contributed by atoms with Crippen molar-refractivity contribution in [1.29, 1.82) is 0 Å². The molecule has 0 atom stereocenters. The van der Waals surface area contributed by atoms with Crippen LogP contribution in [0.25, 0.3) is 0 Å². The molecule has 0 heterocycles. The topological polar surface area (TPSA) is 0 Å². The zero-order valence-electron chi connectivity index (χ0n) is 7.72. The fourth-order valence-corrected chi connectivity index (χ4v) is 0.788. The van der Waals surface area contributed by atoms with Crippen molar-refractivity contribution in [2.75, 3.05) is 0 Å². The molecule has 62 valence electrons. The lowest BCUT2D eigenvalue weighted by Gasteiger charge is -1.82. The van der Waals surface area contributed by atoms with Crippen molar-refractivity contribution in [3.05, 3.63) is 30.7 Å². The third-order valence-corrected chi connectivity index (χ3v) is 1.43. The van der Waals surface area contributed by atoms with E-state index in [1.54, 1.807) is 0 Å². The van der Waals surface area contributed by atoms with Gasteiger partial charge in [0.2, 0.25) is 0 Å². The summed E-state index contributed by atoms with van der Waals surface area (Å²) in [5.74, 6) is 0. The first-order valence-electron chi connectivity index (χ1n) is 4.49. The summed E-state index contributed by atoms with van der Waals surface area (Å²) in [6.07, 6.45) is 15.7. The molecule has 0 aromatic carbocycles. The van der Waals surface area contributed by atoms with Gasteiger partial charge in [-0.1, -0.05) is 31.6 Å². The molecule has 0 unspecified atom stereocenters. The molecule has 0 aliphatic carbocycles. The highest BCUT2D eigenvalue weighted by molar-refractivity contribution is 4.93. The van der Waals surface area contributed by atoms with Crippen LogP contribution in [0.2, 0.25) is 0 Å². The fraction of sp³-hybridized carbons (Fsp3) is 0.545. The van der Waals surface area contributed by atoms with Crippen molar-refractivity contribution >= 4 is 0 Å². The van der Waals surface area contributed by atoms with E-state index >= 15 is 0 Å². The number of allylic oxidation sites excluding steroid dienone is 4.